The van der Waals surface area contributed by atoms with E-state index in [-0.39, 0.29) is 37.8 Å². The number of β-lactam (4-membered cyclic amide) rings is 1. The fourth-order valence-electron chi connectivity index (χ4n) is 5.41. The summed E-state index contributed by atoms with van der Waals surface area (Å²) in [6.45, 7) is 14.5. The van der Waals surface area contributed by atoms with Crippen molar-refractivity contribution in [1.29, 1.82) is 0 Å². The third-order valence-electron chi connectivity index (χ3n) is 7.14. The number of esters is 1. The molecule has 0 aromatic rings. The number of nitrogens with two attached hydrogens (primary N) is 1. The molecule has 3 aliphatic rings. The van der Waals surface area contributed by atoms with E-state index in [4.69, 9.17) is 19.3 Å². The number of fused-ring (bicyclic) bond motifs is 1. The Hall–Kier alpha value is -3.08. The molecule has 3 heterocycles. The molecule has 0 bridgehead atoms. The van der Waals surface area contributed by atoms with Gasteiger partial charge in [-0.15, -0.1) is 11.8 Å². The van der Waals surface area contributed by atoms with Crippen LogP contribution < -0.4 is 5.14 Å². The van der Waals surface area contributed by atoms with Crippen LogP contribution in [-0.4, -0.2) is 107 Å². The number of aliphatic hydroxyl groups excluding tert-OH is 1. The van der Waals surface area contributed by atoms with Crippen molar-refractivity contribution in [3.63, 3.8) is 0 Å². The van der Waals surface area contributed by atoms with Gasteiger partial charge in [-0.05, 0) is 34.1 Å². The summed E-state index contributed by atoms with van der Waals surface area (Å²) in [5.41, 5.74) is -0.954. The summed E-state index contributed by atoms with van der Waals surface area (Å²) >= 11 is 1.25. The summed E-state index contributed by atoms with van der Waals surface area (Å²) in [5, 5.41) is 15.2. The average Bonchev–Trinajstić information content (AvgIpc) is 3.39. The second-order valence-electron chi connectivity index (χ2n) is 11.6. The van der Waals surface area contributed by atoms with Crippen molar-refractivity contribution >= 4 is 46.0 Å². The molecule has 0 aromatic carbocycles. The normalized spacial score (nSPS) is 25.9. The molecular formula is C27H40N4O10S2. The second-order valence-corrected chi connectivity index (χ2v) is 14.4. The maximum absolute atomic E-state index is 13.1. The first kappa shape index (κ1) is 34.4. The smallest absolute Gasteiger partial charge is 0.425 e. The molecule has 0 saturated carbocycles. The number of rotatable bonds is 11. The molecule has 16 heteroatoms. The van der Waals surface area contributed by atoms with E-state index in [1.54, 1.807) is 20.8 Å². The quantitative estimate of drug-likeness (QED) is 0.144. The van der Waals surface area contributed by atoms with Crippen molar-refractivity contribution in [3.05, 3.63) is 35.9 Å². The fraction of sp³-hybridized carbons (Fsp3) is 0.630. The van der Waals surface area contributed by atoms with Crippen molar-refractivity contribution < 1.29 is 46.9 Å². The molecule has 43 heavy (non-hydrogen) atoms. The summed E-state index contributed by atoms with van der Waals surface area (Å²) < 4.78 is 41.0. The molecule has 0 radical (unpaired) electrons. The van der Waals surface area contributed by atoms with Crippen molar-refractivity contribution in [1.82, 2.24) is 14.1 Å². The Bertz CT molecular complexity index is 1290. The van der Waals surface area contributed by atoms with Crippen LogP contribution in [0.2, 0.25) is 0 Å². The van der Waals surface area contributed by atoms with Crippen molar-refractivity contribution in [2.45, 2.75) is 70.1 Å². The third-order valence-corrected chi connectivity index (χ3v) is 9.55. The van der Waals surface area contributed by atoms with Gasteiger partial charge in [0.05, 0.1) is 30.7 Å². The standard InChI is InChI=1S/C27H40N4O10S2/c1-8-10-39-24(34)21-22(15(3)20-19(16(4)32)23(33)31(20)21)42-18-12-17(29(14-18)25(35)40-11-9-2)13-30(43(28,37)38)26(36)41-27(5,6)7/h8-9,15-20,32H,1-2,10-14H2,3-7H3,(H2,28,37,38)/t15-,16-,17+,18+,19-,20-/m1/s1. The highest BCUT2D eigenvalue weighted by atomic mass is 32.2. The van der Waals surface area contributed by atoms with E-state index >= 15 is 0 Å². The van der Waals surface area contributed by atoms with Gasteiger partial charge < -0.3 is 29.1 Å². The lowest BCUT2D eigenvalue weighted by atomic mass is 9.79. The molecule has 3 rings (SSSR count). The molecule has 6 atom stereocenters. The van der Waals surface area contributed by atoms with Gasteiger partial charge in [-0.1, -0.05) is 32.2 Å². The highest BCUT2D eigenvalue weighted by molar-refractivity contribution is 8.03. The van der Waals surface area contributed by atoms with E-state index in [2.05, 4.69) is 13.2 Å². The van der Waals surface area contributed by atoms with E-state index in [0.29, 0.717) is 9.21 Å². The van der Waals surface area contributed by atoms with E-state index in [1.807, 2.05) is 6.92 Å². The van der Waals surface area contributed by atoms with Crippen LogP contribution in [0, 0.1) is 11.8 Å². The molecule has 3 amide bonds. The van der Waals surface area contributed by atoms with Crippen molar-refractivity contribution in [3.8, 4) is 0 Å². The number of hydrogen-bond donors (Lipinski definition) is 2. The van der Waals surface area contributed by atoms with Crippen LogP contribution in [0.3, 0.4) is 0 Å². The number of aliphatic hydroxyl groups is 1. The monoisotopic (exact) mass is 644 g/mol. The molecule has 14 nitrogen and oxygen atoms in total. The second kappa shape index (κ2) is 13.3. The zero-order valence-electron chi connectivity index (χ0n) is 24.9. The van der Waals surface area contributed by atoms with Gasteiger partial charge in [0.2, 0.25) is 5.91 Å². The van der Waals surface area contributed by atoms with E-state index < -0.39 is 75.8 Å². The molecule has 240 valence electrons. The maximum atomic E-state index is 13.1. The van der Waals surface area contributed by atoms with E-state index in [9.17, 15) is 32.7 Å². The van der Waals surface area contributed by atoms with E-state index in [0.717, 1.165) is 0 Å². The summed E-state index contributed by atoms with van der Waals surface area (Å²) in [5.74, 6) is -2.17. The lowest BCUT2D eigenvalue weighted by molar-refractivity contribution is -0.164. The first-order chi connectivity index (χ1) is 19.9. The van der Waals surface area contributed by atoms with Crippen LogP contribution in [-0.2, 0) is 34.0 Å². The molecule has 3 N–H and O–H groups in total. The lowest BCUT2D eigenvalue weighted by Crippen LogP contribution is -2.63. The van der Waals surface area contributed by atoms with Gasteiger partial charge in [0.1, 0.15) is 24.5 Å². The van der Waals surface area contributed by atoms with Crippen LogP contribution in [0.25, 0.3) is 0 Å². The SMILES string of the molecule is C=CCOC(=O)C1=C(S[C@H]2C[C@@H](CN(C(=O)OC(C)(C)C)S(N)(=O)=O)N(C(=O)OCC=C)C2)[C@H](C)[C@@H]2[C@@H]([C@@H](C)O)C(=O)N12. The van der Waals surface area contributed by atoms with Gasteiger partial charge in [0.25, 0.3) is 0 Å². The highest BCUT2D eigenvalue weighted by Crippen LogP contribution is 2.52. The zero-order valence-corrected chi connectivity index (χ0v) is 26.6. The van der Waals surface area contributed by atoms with E-state index in [1.165, 1.54) is 40.6 Å². The molecule has 0 spiro atoms. The Kier molecular flexibility index (Phi) is 10.6. The molecule has 0 unspecified atom stereocenters. The minimum absolute atomic E-state index is 0.0573. The van der Waals surface area contributed by atoms with Crippen LogP contribution in [0.1, 0.15) is 41.0 Å². The van der Waals surface area contributed by atoms with Gasteiger partial charge >= 0.3 is 28.4 Å². The number of amides is 3. The molecule has 0 aromatic heterocycles. The predicted molar refractivity (Wildman–Crippen MR) is 157 cm³/mol. The molecular weight excluding hydrogens is 604 g/mol. The molecule has 2 saturated heterocycles. The van der Waals surface area contributed by atoms with Crippen LogP contribution in [0.5, 0.6) is 0 Å². The summed E-state index contributed by atoms with van der Waals surface area (Å²) in [4.78, 5) is 55.1. The number of carbonyl (C=O) groups is 4. The molecule has 2 fully saturated rings. The number of ether oxygens (including phenoxy) is 3. The minimum atomic E-state index is -4.58. The van der Waals surface area contributed by atoms with Crippen molar-refractivity contribution in [2.75, 3.05) is 26.3 Å². The summed E-state index contributed by atoms with van der Waals surface area (Å²) in [7, 11) is -4.58. The highest BCUT2D eigenvalue weighted by Gasteiger charge is 2.60. The van der Waals surface area contributed by atoms with Gasteiger partial charge in [-0.25, -0.2) is 19.5 Å². The zero-order chi connectivity index (χ0) is 32.4. The molecule has 0 aliphatic carbocycles. The van der Waals surface area contributed by atoms with Gasteiger partial charge in [0.15, 0.2) is 0 Å². The van der Waals surface area contributed by atoms with Gasteiger partial charge in [-0.3, -0.25) is 4.79 Å². The molecule has 3 aliphatic heterocycles. The largest absolute Gasteiger partial charge is 0.457 e. The number of likely N-dealkylation sites (tertiary alicyclic amines) is 1. The Morgan fingerprint density at radius 3 is 2.35 bits per heavy atom. The van der Waals surface area contributed by atoms with Crippen LogP contribution in [0.15, 0.2) is 35.9 Å². The Morgan fingerprint density at radius 2 is 1.81 bits per heavy atom. The first-order valence-electron chi connectivity index (χ1n) is 13.7. The maximum Gasteiger partial charge on any atom is 0.425 e. The number of nitrogens with zero attached hydrogens (tertiary/aromatic N) is 3. The number of carbonyl (C=O) groups excluding carboxylic acids is 4. The van der Waals surface area contributed by atoms with Crippen LogP contribution in [0.4, 0.5) is 9.59 Å². The van der Waals surface area contributed by atoms with Gasteiger partial charge in [0, 0.05) is 22.6 Å². The van der Waals surface area contributed by atoms with Crippen molar-refractivity contribution in [2.24, 2.45) is 17.0 Å². The number of hydrogen-bond acceptors (Lipinski definition) is 11. The summed E-state index contributed by atoms with van der Waals surface area (Å²) in [6.07, 6.45) is 0.0448. The summed E-state index contributed by atoms with van der Waals surface area (Å²) in [6, 6.07) is -1.32. The Balaban J connectivity index is 1.94. The Labute approximate surface area is 256 Å². The fourth-order valence-corrected chi connectivity index (χ4v) is 7.59. The van der Waals surface area contributed by atoms with Gasteiger partial charge in [-0.2, -0.15) is 12.7 Å². The van der Waals surface area contributed by atoms with Crippen LogP contribution >= 0.6 is 11.8 Å². The third kappa shape index (κ3) is 7.53. The lowest BCUT2D eigenvalue weighted by Gasteiger charge is -2.46. The first-order valence-corrected chi connectivity index (χ1v) is 16.1. The topological polar surface area (TPSA) is 186 Å². The number of thioether (sulfide) groups is 1. The minimum Gasteiger partial charge on any atom is -0.457 e. The predicted octanol–water partition coefficient (Wildman–Crippen LogP) is 1.72. The average molecular weight is 645 g/mol. The Morgan fingerprint density at radius 1 is 1.21 bits per heavy atom.